The molecule has 0 fully saturated rings. The molecule has 0 saturated carbocycles. The van der Waals surface area contributed by atoms with Crippen molar-refractivity contribution in [3.8, 4) is 0 Å². The topological polar surface area (TPSA) is 52.6 Å². The van der Waals surface area contributed by atoms with E-state index in [1.54, 1.807) is 20.8 Å². The molecule has 0 aliphatic carbocycles. The molecule has 0 aliphatic rings. The van der Waals surface area contributed by atoms with Gasteiger partial charge in [-0.3, -0.25) is 0 Å². The SMILES string of the molecule is C=C(C(=O)OC(C)(C)C)C(F)c1ccc(C(=O)OC)cc1. The van der Waals surface area contributed by atoms with E-state index in [9.17, 15) is 14.0 Å². The fourth-order valence-electron chi connectivity index (χ4n) is 1.55. The average Bonchev–Trinajstić information content (AvgIpc) is 2.43. The van der Waals surface area contributed by atoms with Gasteiger partial charge in [-0.15, -0.1) is 0 Å². The molecule has 114 valence electrons. The maximum atomic E-state index is 14.3. The summed E-state index contributed by atoms with van der Waals surface area (Å²) in [5.74, 6) is -1.30. The van der Waals surface area contributed by atoms with E-state index < -0.39 is 23.7 Å². The molecule has 5 heteroatoms. The highest BCUT2D eigenvalue weighted by atomic mass is 19.1. The summed E-state index contributed by atoms with van der Waals surface area (Å²) in [5, 5.41) is 0. The molecule has 0 aromatic heterocycles. The van der Waals surface area contributed by atoms with Gasteiger partial charge in [-0.25, -0.2) is 14.0 Å². The molecule has 1 unspecified atom stereocenters. The van der Waals surface area contributed by atoms with Crippen molar-refractivity contribution < 1.29 is 23.5 Å². The third-order valence-electron chi connectivity index (χ3n) is 2.59. The summed E-state index contributed by atoms with van der Waals surface area (Å²) < 4.78 is 23.9. The Morgan fingerprint density at radius 1 is 1.19 bits per heavy atom. The summed E-state index contributed by atoms with van der Waals surface area (Å²) in [6.45, 7) is 8.52. The molecular formula is C16H19FO4. The number of carbonyl (C=O) groups excluding carboxylic acids is 2. The minimum atomic E-state index is -1.69. The summed E-state index contributed by atoms with van der Waals surface area (Å²) in [6.07, 6.45) is -1.69. The van der Waals surface area contributed by atoms with Gasteiger partial charge in [0.1, 0.15) is 5.60 Å². The van der Waals surface area contributed by atoms with Crippen molar-refractivity contribution in [2.75, 3.05) is 7.11 Å². The largest absolute Gasteiger partial charge is 0.465 e. The lowest BCUT2D eigenvalue weighted by Crippen LogP contribution is -2.25. The lowest BCUT2D eigenvalue weighted by molar-refractivity contribution is -0.150. The fraction of sp³-hybridized carbons (Fsp3) is 0.375. The van der Waals surface area contributed by atoms with E-state index in [1.165, 1.54) is 31.4 Å². The van der Waals surface area contributed by atoms with E-state index in [1.807, 2.05) is 0 Å². The van der Waals surface area contributed by atoms with Crippen LogP contribution in [0, 0.1) is 0 Å². The lowest BCUT2D eigenvalue weighted by atomic mass is 10.0. The van der Waals surface area contributed by atoms with E-state index in [2.05, 4.69) is 11.3 Å². The van der Waals surface area contributed by atoms with Crippen LogP contribution in [0.4, 0.5) is 4.39 Å². The van der Waals surface area contributed by atoms with Gasteiger partial charge in [0.05, 0.1) is 18.2 Å². The van der Waals surface area contributed by atoms with Crippen LogP contribution in [-0.4, -0.2) is 24.6 Å². The van der Waals surface area contributed by atoms with Crippen LogP contribution in [0.2, 0.25) is 0 Å². The number of carbonyl (C=O) groups is 2. The van der Waals surface area contributed by atoms with Gasteiger partial charge in [-0.2, -0.15) is 0 Å². The quantitative estimate of drug-likeness (QED) is 0.631. The van der Waals surface area contributed by atoms with E-state index in [0.717, 1.165) is 0 Å². The second kappa shape index (κ2) is 6.52. The van der Waals surface area contributed by atoms with Gasteiger partial charge in [0, 0.05) is 0 Å². The zero-order valence-electron chi connectivity index (χ0n) is 12.6. The molecule has 0 N–H and O–H groups in total. The normalized spacial score (nSPS) is 12.4. The number of ether oxygens (including phenoxy) is 2. The van der Waals surface area contributed by atoms with Crippen molar-refractivity contribution in [3.63, 3.8) is 0 Å². The van der Waals surface area contributed by atoms with Crippen LogP contribution in [-0.2, 0) is 14.3 Å². The van der Waals surface area contributed by atoms with Crippen LogP contribution in [0.25, 0.3) is 0 Å². The zero-order valence-corrected chi connectivity index (χ0v) is 12.6. The van der Waals surface area contributed by atoms with Crippen molar-refractivity contribution in [1.82, 2.24) is 0 Å². The minimum absolute atomic E-state index is 0.221. The number of rotatable bonds is 4. The maximum absolute atomic E-state index is 14.3. The van der Waals surface area contributed by atoms with Crippen molar-refractivity contribution in [1.29, 1.82) is 0 Å². The van der Waals surface area contributed by atoms with E-state index in [0.29, 0.717) is 5.56 Å². The molecule has 0 saturated heterocycles. The summed E-state index contributed by atoms with van der Waals surface area (Å²) in [4.78, 5) is 23.0. The van der Waals surface area contributed by atoms with E-state index >= 15 is 0 Å². The number of hydrogen-bond donors (Lipinski definition) is 0. The average molecular weight is 294 g/mol. The molecule has 4 nitrogen and oxygen atoms in total. The van der Waals surface area contributed by atoms with Gasteiger partial charge in [-0.1, -0.05) is 18.7 Å². The molecule has 1 atom stereocenters. The zero-order chi connectivity index (χ0) is 16.2. The predicted octanol–water partition coefficient (Wildman–Crippen LogP) is 3.38. The van der Waals surface area contributed by atoms with Gasteiger partial charge in [0.2, 0.25) is 0 Å². The Balaban J connectivity index is 2.83. The van der Waals surface area contributed by atoms with Crippen LogP contribution in [0.3, 0.4) is 0 Å². The minimum Gasteiger partial charge on any atom is -0.465 e. The van der Waals surface area contributed by atoms with Gasteiger partial charge in [0.15, 0.2) is 6.17 Å². The molecule has 21 heavy (non-hydrogen) atoms. The number of alkyl halides is 1. The maximum Gasteiger partial charge on any atom is 0.337 e. The second-order valence-electron chi connectivity index (χ2n) is 5.50. The second-order valence-corrected chi connectivity index (χ2v) is 5.50. The fourth-order valence-corrected chi connectivity index (χ4v) is 1.55. The predicted molar refractivity (Wildman–Crippen MR) is 76.6 cm³/mol. The Kier molecular flexibility index (Phi) is 5.24. The molecule has 1 rings (SSSR count). The molecule has 0 bridgehead atoms. The van der Waals surface area contributed by atoms with Gasteiger partial charge < -0.3 is 9.47 Å². The Labute approximate surface area is 123 Å². The van der Waals surface area contributed by atoms with Crippen molar-refractivity contribution in [2.24, 2.45) is 0 Å². The van der Waals surface area contributed by atoms with Crippen molar-refractivity contribution in [3.05, 3.63) is 47.5 Å². The first-order valence-electron chi connectivity index (χ1n) is 6.40. The number of hydrogen-bond acceptors (Lipinski definition) is 4. The van der Waals surface area contributed by atoms with Crippen LogP contribution in [0.1, 0.15) is 42.9 Å². The first kappa shape index (κ1) is 16.9. The molecule has 1 aromatic carbocycles. The summed E-state index contributed by atoms with van der Waals surface area (Å²) in [7, 11) is 1.26. The van der Waals surface area contributed by atoms with Gasteiger partial charge in [0.25, 0.3) is 0 Å². The summed E-state index contributed by atoms with van der Waals surface area (Å²) in [6, 6.07) is 5.67. The number of benzene rings is 1. The summed E-state index contributed by atoms with van der Waals surface area (Å²) in [5.41, 5.74) is -0.473. The molecule has 0 heterocycles. The highest BCUT2D eigenvalue weighted by Gasteiger charge is 2.25. The Morgan fingerprint density at radius 2 is 1.71 bits per heavy atom. The first-order valence-corrected chi connectivity index (χ1v) is 6.40. The highest BCUT2D eigenvalue weighted by Crippen LogP contribution is 2.27. The van der Waals surface area contributed by atoms with Crippen LogP contribution >= 0.6 is 0 Å². The molecule has 0 amide bonds. The standard InChI is InChI=1S/C16H19FO4/c1-10(14(18)21-16(2,3)4)13(17)11-6-8-12(9-7-11)15(19)20-5/h6-9,13H,1H2,2-5H3. The molecular weight excluding hydrogens is 275 g/mol. The number of methoxy groups -OCH3 is 1. The smallest absolute Gasteiger partial charge is 0.337 e. The molecule has 0 aliphatic heterocycles. The highest BCUT2D eigenvalue weighted by molar-refractivity contribution is 5.90. The van der Waals surface area contributed by atoms with Crippen LogP contribution in [0.5, 0.6) is 0 Å². The lowest BCUT2D eigenvalue weighted by Gasteiger charge is -2.21. The van der Waals surface area contributed by atoms with E-state index in [4.69, 9.17) is 4.74 Å². The van der Waals surface area contributed by atoms with Crippen molar-refractivity contribution in [2.45, 2.75) is 32.5 Å². The van der Waals surface area contributed by atoms with Crippen LogP contribution in [0.15, 0.2) is 36.4 Å². The van der Waals surface area contributed by atoms with E-state index in [-0.39, 0.29) is 11.1 Å². The number of esters is 2. The third-order valence-corrected chi connectivity index (χ3v) is 2.59. The van der Waals surface area contributed by atoms with Gasteiger partial charge in [-0.05, 0) is 38.5 Å². The Morgan fingerprint density at radius 3 is 2.14 bits per heavy atom. The van der Waals surface area contributed by atoms with Crippen molar-refractivity contribution >= 4 is 11.9 Å². The summed E-state index contributed by atoms with van der Waals surface area (Å²) >= 11 is 0. The Bertz CT molecular complexity index is 540. The first-order chi connectivity index (χ1) is 9.65. The molecule has 0 radical (unpaired) electrons. The molecule has 1 aromatic rings. The Hall–Kier alpha value is -2.17. The third kappa shape index (κ3) is 4.70. The number of halogens is 1. The van der Waals surface area contributed by atoms with Crippen LogP contribution < -0.4 is 0 Å². The monoisotopic (exact) mass is 294 g/mol. The molecule has 0 spiro atoms. The van der Waals surface area contributed by atoms with Gasteiger partial charge >= 0.3 is 11.9 Å².